The first-order valence-corrected chi connectivity index (χ1v) is 8.75. The van der Waals surface area contributed by atoms with Gasteiger partial charge in [0.25, 0.3) is 11.8 Å². The van der Waals surface area contributed by atoms with E-state index in [4.69, 9.17) is 0 Å². The molecule has 0 unspecified atom stereocenters. The molecule has 1 aliphatic rings. The third-order valence-corrected chi connectivity index (χ3v) is 4.79. The SMILES string of the molecule is O=C(CN1CCN(c2ccccc2)CC1)NNC(=O)c1cccs1. The molecule has 7 heteroatoms. The summed E-state index contributed by atoms with van der Waals surface area (Å²) in [5.74, 6) is -0.486. The largest absolute Gasteiger partial charge is 0.369 e. The lowest BCUT2D eigenvalue weighted by Crippen LogP contribution is -2.51. The molecule has 0 aliphatic carbocycles. The lowest BCUT2D eigenvalue weighted by Gasteiger charge is -2.35. The van der Waals surface area contributed by atoms with Crippen molar-refractivity contribution in [3.8, 4) is 0 Å². The Morgan fingerprint density at radius 2 is 1.71 bits per heavy atom. The van der Waals surface area contributed by atoms with Gasteiger partial charge in [-0.05, 0) is 23.6 Å². The zero-order valence-electron chi connectivity index (χ0n) is 13.3. The molecule has 6 nitrogen and oxygen atoms in total. The number of hydrazine groups is 1. The van der Waals surface area contributed by atoms with Gasteiger partial charge in [-0.2, -0.15) is 0 Å². The van der Waals surface area contributed by atoms with Crippen molar-refractivity contribution in [3.63, 3.8) is 0 Å². The molecular formula is C17H20N4O2S. The Bertz CT molecular complexity index is 667. The highest BCUT2D eigenvalue weighted by atomic mass is 32.1. The number of rotatable bonds is 4. The molecule has 2 amide bonds. The second kappa shape index (κ2) is 7.94. The summed E-state index contributed by atoms with van der Waals surface area (Å²) in [6.45, 7) is 3.70. The molecule has 3 rings (SSSR count). The first-order chi connectivity index (χ1) is 11.7. The van der Waals surface area contributed by atoms with E-state index in [2.05, 4.69) is 32.8 Å². The Hall–Kier alpha value is -2.38. The van der Waals surface area contributed by atoms with Crippen LogP contribution in [0.4, 0.5) is 5.69 Å². The van der Waals surface area contributed by atoms with Crippen molar-refractivity contribution in [2.45, 2.75) is 0 Å². The minimum absolute atomic E-state index is 0.201. The molecule has 126 valence electrons. The van der Waals surface area contributed by atoms with Crippen molar-refractivity contribution in [1.29, 1.82) is 0 Å². The number of benzene rings is 1. The summed E-state index contributed by atoms with van der Waals surface area (Å²) in [6, 6.07) is 13.8. The number of hydrogen-bond donors (Lipinski definition) is 2. The van der Waals surface area contributed by atoms with Crippen LogP contribution in [0.2, 0.25) is 0 Å². The van der Waals surface area contributed by atoms with Crippen LogP contribution in [0.3, 0.4) is 0 Å². The van der Waals surface area contributed by atoms with E-state index < -0.39 is 0 Å². The lowest BCUT2D eigenvalue weighted by atomic mass is 10.2. The van der Waals surface area contributed by atoms with Crippen LogP contribution in [0, 0.1) is 0 Å². The van der Waals surface area contributed by atoms with Gasteiger partial charge < -0.3 is 4.90 Å². The molecular weight excluding hydrogens is 324 g/mol. The maximum absolute atomic E-state index is 12.0. The van der Waals surface area contributed by atoms with Crippen LogP contribution in [0.1, 0.15) is 9.67 Å². The van der Waals surface area contributed by atoms with Crippen molar-refractivity contribution in [1.82, 2.24) is 15.8 Å². The van der Waals surface area contributed by atoms with Gasteiger partial charge in [-0.25, -0.2) is 0 Å². The van der Waals surface area contributed by atoms with Crippen LogP contribution >= 0.6 is 11.3 Å². The van der Waals surface area contributed by atoms with Crippen molar-refractivity contribution in [3.05, 3.63) is 52.7 Å². The number of amides is 2. The number of para-hydroxylation sites is 1. The van der Waals surface area contributed by atoms with Gasteiger partial charge in [-0.3, -0.25) is 25.3 Å². The molecule has 0 spiro atoms. The maximum Gasteiger partial charge on any atom is 0.279 e. The fraction of sp³-hybridized carbons (Fsp3) is 0.294. The molecule has 2 N–H and O–H groups in total. The topological polar surface area (TPSA) is 64.7 Å². The van der Waals surface area contributed by atoms with Crippen molar-refractivity contribution in [2.24, 2.45) is 0 Å². The fourth-order valence-electron chi connectivity index (χ4n) is 2.64. The van der Waals surface area contributed by atoms with Gasteiger partial charge in [0.1, 0.15) is 0 Å². The summed E-state index contributed by atoms with van der Waals surface area (Å²) in [7, 11) is 0. The molecule has 2 heterocycles. The molecule has 0 atom stereocenters. The number of thiophene rings is 1. The summed E-state index contributed by atoms with van der Waals surface area (Å²) in [4.78, 5) is 28.7. The highest BCUT2D eigenvalue weighted by molar-refractivity contribution is 7.12. The van der Waals surface area contributed by atoms with Crippen molar-refractivity contribution < 1.29 is 9.59 Å². The average molecular weight is 344 g/mol. The minimum atomic E-state index is -0.285. The lowest BCUT2D eigenvalue weighted by molar-refractivity contribution is -0.123. The molecule has 1 fully saturated rings. The van der Waals surface area contributed by atoms with Gasteiger partial charge in [0.2, 0.25) is 0 Å². The zero-order chi connectivity index (χ0) is 16.8. The van der Waals surface area contributed by atoms with Crippen LogP contribution in [-0.2, 0) is 4.79 Å². The highest BCUT2D eigenvalue weighted by Gasteiger charge is 2.19. The molecule has 0 radical (unpaired) electrons. The van der Waals surface area contributed by atoms with E-state index in [-0.39, 0.29) is 18.4 Å². The van der Waals surface area contributed by atoms with E-state index >= 15 is 0 Å². The average Bonchev–Trinajstić information content (AvgIpc) is 3.16. The quantitative estimate of drug-likeness (QED) is 0.822. The number of carbonyl (C=O) groups is 2. The predicted molar refractivity (Wildman–Crippen MR) is 95.0 cm³/mol. The first kappa shape index (κ1) is 16.5. The van der Waals surface area contributed by atoms with Gasteiger partial charge in [0.15, 0.2) is 0 Å². The van der Waals surface area contributed by atoms with Crippen molar-refractivity contribution >= 4 is 28.8 Å². The molecule has 1 aromatic heterocycles. The van der Waals surface area contributed by atoms with E-state index in [1.54, 1.807) is 12.1 Å². The Morgan fingerprint density at radius 1 is 0.958 bits per heavy atom. The van der Waals surface area contributed by atoms with E-state index in [0.29, 0.717) is 4.88 Å². The second-order valence-electron chi connectivity index (χ2n) is 5.58. The molecule has 1 aromatic carbocycles. The molecule has 1 saturated heterocycles. The fourth-order valence-corrected chi connectivity index (χ4v) is 3.26. The molecule has 1 aliphatic heterocycles. The van der Waals surface area contributed by atoms with Gasteiger partial charge in [0, 0.05) is 31.9 Å². The standard InChI is InChI=1S/C17H20N4O2S/c22-16(18-19-17(23)15-7-4-12-24-15)13-20-8-10-21(11-9-20)14-5-2-1-3-6-14/h1-7,12H,8-11,13H2,(H,18,22)(H,19,23). The summed E-state index contributed by atoms with van der Waals surface area (Å²) in [5.41, 5.74) is 6.13. The number of anilines is 1. The van der Waals surface area contributed by atoms with E-state index in [0.717, 1.165) is 26.2 Å². The maximum atomic E-state index is 12.0. The van der Waals surface area contributed by atoms with Gasteiger partial charge in [-0.15, -0.1) is 11.3 Å². The van der Waals surface area contributed by atoms with Crippen LogP contribution in [0.5, 0.6) is 0 Å². The first-order valence-electron chi connectivity index (χ1n) is 7.87. The predicted octanol–water partition coefficient (Wildman–Crippen LogP) is 1.33. The Morgan fingerprint density at radius 3 is 2.38 bits per heavy atom. The summed E-state index contributed by atoms with van der Waals surface area (Å²) in [6.07, 6.45) is 0. The van der Waals surface area contributed by atoms with Gasteiger partial charge >= 0.3 is 0 Å². The third kappa shape index (κ3) is 4.33. The van der Waals surface area contributed by atoms with Crippen molar-refractivity contribution in [2.75, 3.05) is 37.6 Å². The number of nitrogens with one attached hydrogen (secondary N) is 2. The summed E-state index contributed by atoms with van der Waals surface area (Å²) in [5, 5.41) is 1.82. The third-order valence-electron chi connectivity index (χ3n) is 3.92. The van der Waals surface area contributed by atoms with Gasteiger partial charge in [0.05, 0.1) is 11.4 Å². The number of piperazine rings is 1. The van der Waals surface area contributed by atoms with Crippen LogP contribution in [0.15, 0.2) is 47.8 Å². The normalized spacial score (nSPS) is 15.1. The van der Waals surface area contributed by atoms with Gasteiger partial charge in [-0.1, -0.05) is 24.3 Å². The minimum Gasteiger partial charge on any atom is -0.369 e. The monoisotopic (exact) mass is 344 g/mol. The van der Waals surface area contributed by atoms with E-state index in [1.165, 1.54) is 17.0 Å². The summed E-state index contributed by atoms with van der Waals surface area (Å²) < 4.78 is 0. The Labute approximate surface area is 145 Å². The van der Waals surface area contributed by atoms with E-state index in [1.807, 2.05) is 23.6 Å². The molecule has 2 aromatic rings. The van der Waals surface area contributed by atoms with Crippen LogP contribution in [-0.4, -0.2) is 49.4 Å². The molecule has 0 saturated carbocycles. The Balaban J connectivity index is 1.39. The van der Waals surface area contributed by atoms with Crippen LogP contribution < -0.4 is 15.8 Å². The number of nitrogens with zero attached hydrogens (tertiary/aromatic N) is 2. The smallest absolute Gasteiger partial charge is 0.279 e. The molecule has 24 heavy (non-hydrogen) atoms. The highest BCUT2D eigenvalue weighted by Crippen LogP contribution is 2.15. The zero-order valence-corrected chi connectivity index (χ0v) is 14.1. The van der Waals surface area contributed by atoms with E-state index in [9.17, 15) is 9.59 Å². The molecule has 0 bridgehead atoms. The second-order valence-corrected chi connectivity index (χ2v) is 6.53. The van der Waals surface area contributed by atoms with Crippen LogP contribution in [0.25, 0.3) is 0 Å². The summed E-state index contributed by atoms with van der Waals surface area (Å²) >= 11 is 1.34. The number of hydrogen-bond acceptors (Lipinski definition) is 5. The Kier molecular flexibility index (Phi) is 5.45. The number of carbonyl (C=O) groups excluding carboxylic acids is 2.